The van der Waals surface area contributed by atoms with Crippen LogP contribution in [0.4, 0.5) is 13.2 Å². The molecule has 0 bridgehead atoms. The fourth-order valence-corrected chi connectivity index (χ4v) is 3.17. The van der Waals surface area contributed by atoms with Gasteiger partial charge in [-0.05, 0) is 59.6 Å². The minimum absolute atomic E-state index is 0.127. The molecule has 0 saturated carbocycles. The molecule has 0 saturated heterocycles. The maximum Gasteiger partial charge on any atom is 0.416 e. The van der Waals surface area contributed by atoms with Crippen molar-refractivity contribution in [2.75, 3.05) is 0 Å². The van der Waals surface area contributed by atoms with E-state index in [0.29, 0.717) is 11.8 Å². The summed E-state index contributed by atoms with van der Waals surface area (Å²) in [4.78, 5) is 0. The first-order valence-electron chi connectivity index (χ1n) is 11.3. The van der Waals surface area contributed by atoms with Gasteiger partial charge in [0.1, 0.15) is 0 Å². The third-order valence-electron chi connectivity index (χ3n) is 5.10. The quantitative estimate of drug-likeness (QED) is 0.352. The number of rotatable bonds is 3. The molecule has 3 rings (SSSR count). The standard InChI is InChI=1S/C10H11F3.C10H14.C9H11Cl/c1-7(2)8-4-3-5-9(6-8)10(11,12)13;1-8(2)10-6-4-5-9(3)7-10;1-7(2)8-4-3-5-9(10)6-8/h3-7H,1-2H3;4-8H,1-3H3;3-7H,1-2H3. The van der Waals surface area contributed by atoms with Crippen LogP contribution in [-0.4, -0.2) is 0 Å². The summed E-state index contributed by atoms with van der Waals surface area (Å²) in [6.45, 7) is 14.6. The van der Waals surface area contributed by atoms with Crippen LogP contribution in [0.2, 0.25) is 5.02 Å². The molecule has 33 heavy (non-hydrogen) atoms. The summed E-state index contributed by atoms with van der Waals surface area (Å²) >= 11 is 5.79. The van der Waals surface area contributed by atoms with Gasteiger partial charge in [0, 0.05) is 5.02 Å². The van der Waals surface area contributed by atoms with Crippen LogP contribution in [0.15, 0.2) is 72.8 Å². The molecule has 0 fully saturated rings. The molecule has 0 aliphatic rings. The largest absolute Gasteiger partial charge is 0.416 e. The average Bonchev–Trinajstić information content (AvgIpc) is 2.74. The van der Waals surface area contributed by atoms with Crippen molar-refractivity contribution in [2.45, 2.75) is 72.4 Å². The molecule has 0 heterocycles. The van der Waals surface area contributed by atoms with Crippen molar-refractivity contribution in [3.63, 3.8) is 0 Å². The summed E-state index contributed by atoms with van der Waals surface area (Å²) < 4.78 is 36.7. The smallest absolute Gasteiger partial charge is 0.166 e. The van der Waals surface area contributed by atoms with Crippen LogP contribution in [0.25, 0.3) is 0 Å². The second-order valence-electron chi connectivity index (χ2n) is 9.06. The summed E-state index contributed by atoms with van der Waals surface area (Å²) in [6, 6.07) is 22.1. The lowest BCUT2D eigenvalue weighted by Gasteiger charge is -2.10. The van der Waals surface area contributed by atoms with Crippen molar-refractivity contribution in [1.82, 2.24) is 0 Å². The summed E-state index contributed by atoms with van der Waals surface area (Å²) in [7, 11) is 0. The lowest BCUT2D eigenvalue weighted by Crippen LogP contribution is -2.05. The molecule has 0 unspecified atom stereocenters. The zero-order valence-electron chi connectivity index (χ0n) is 20.7. The van der Waals surface area contributed by atoms with E-state index in [1.165, 1.54) is 28.8 Å². The van der Waals surface area contributed by atoms with Gasteiger partial charge in [-0.2, -0.15) is 13.2 Å². The Labute approximate surface area is 202 Å². The van der Waals surface area contributed by atoms with E-state index in [9.17, 15) is 13.2 Å². The van der Waals surface area contributed by atoms with Gasteiger partial charge in [0.25, 0.3) is 0 Å². The predicted molar refractivity (Wildman–Crippen MR) is 136 cm³/mol. The summed E-state index contributed by atoms with van der Waals surface area (Å²) in [5.41, 5.74) is 4.23. The van der Waals surface area contributed by atoms with E-state index in [1.807, 2.05) is 32.0 Å². The monoisotopic (exact) mass is 476 g/mol. The number of halogens is 4. The van der Waals surface area contributed by atoms with E-state index < -0.39 is 11.7 Å². The molecular formula is C29H36ClF3. The average molecular weight is 477 g/mol. The highest BCUT2D eigenvalue weighted by Gasteiger charge is 2.30. The summed E-state index contributed by atoms with van der Waals surface area (Å²) in [6.07, 6.45) is -4.23. The lowest BCUT2D eigenvalue weighted by molar-refractivity contribution is -0.137. The van der Waals surface area contributed by atoms with E-state index in [-0.39, 0.29) is 5.92 Å². The second kappa shape index (κ2) is 13.4. The molecule has 3 aromatic carbocycles. The van der Waals surface area contributed by atoms with Crippen LogP contribution < -0.4 is 0 Å². The van der Waals surface area contributed by atoms with E-state index in [2.05, 4.69) is 65.0 Å². The zero-order chi connectivity index (χ0) is 25.2. The molecule has 0 radical (unpaired) electrons. The number of aryl methyl sites for hydroxylation is 1. The van der Waals surface area contributed by atoms with Crippen molar-refractivity contribution in [2.24, 2.45) is 0 Å². The highest BCUT2D eigenvalue weighted by atomic mass is 35.5. The Morgan fingerprint density at radius 2 is 1.03 bits per heavy atom. The highest BCUT2D eigenvalue weighted by Crippen LogP contribution is 2.30. The highest BCUT2D eigenvalue weighted by molar-refractivity contribution is 6.30. The van der Waals surface area contributed by atoms with Gasteiger partial charge < -0.3 is 0 Å². The first-order valence-corrected chi connectivity index (χ1v) is 11.7. The van der Waals surface area contributed by atoms with Gasteiger partial charge in [0.2, 0.25) is 0 Å². The molecule has 0 aliphatic heterocycles. The predicted octanol–water partition coefficient (Wildman–Crippen LogP) is 10.4. The van der Waals surface area contributed by atoms with Gasteiger partial charge in [-0.15, -0.1) is 0 Å². The Bertz CT molecular complexity index is 923. The molecule has 0 nitrogen and oxygen atoms in total. The van der Waals surface area contributed by atoms with Gasteiger partial charge in [0.15, 0.2) is 0 Å². The Hall–Kier alpha value is -2.26. The minimum Gasteiger partial charge on any atom is -0.166 e. The first-order chi connectivity index (χ1) is 15.3. The molecule has 180 valence electrons. The molecule has 4 heteroatoms. The Morgan fingerprint density at radius 1 is 0.606 bits per heavy atom. The van der Waals surface area contributed by atoms with Crippen LogP contribution in [0.3, 0.4) is 0 Å². The van der Waals surface area contributed by atoms with Crippen molar-refractivity contribution < 1.29 is 13.2 Å². The van der Waals surface area contributed by atoms with E-state index >= 15 is 0 Å². The minimum atomic E-state index is -4.23. The number of hydrogen-bond acceptors (Lipinski definition) is 0. The molecule has 0 aliphatic carbocycles. The molecule has 0 aromatic heterocycles. The third kappa shape index (κ3) is 10.9. The van der Waals surface area contributed by atoms with Crippen molar-refractivity contribution in [3.8, 4) is 0 Å². The maximum absolute atomic E-state index is 12.2. The van der Waals surface area contributed by atoms with E-state index in [1.54, 1.807) is 6.07 Å². The molecular weight excluding hydrogens is 441 g/mol. The van der Waals surface area contributed by atoms with Gasteiger partial charge >= 0.3 is 6.18 Å². The number of hydrogen-bond donors (Lipinski definition) is 0. The number of alkyl halides is 3. The number of benzene rings is 3. The fourth-order valence-electron chi connectivity index (χ4n) is 2.97. The van der Waals surface area contributed by atoms with Crippen LogP contribution in [0.1, 0.15) is 87.1 Å². The van der Waals surface area contributed by atoms with Crippen LogP contribution in [0.5, 0.6) is 0 Å². The topological polar surface area (TPSA) is 0 Å². The Balaban J connectivity index is 0.000000251. The van der Waals surface area contributed by atoms with Crippen LogP contribution in [-0.2, 0) is 6.18 Å². The SMILES string of the molecule is CC(C)c1cccc(C(F)(F)F)c1.CC(C)c1cccc(Cl)c1.Cc1cccc(C(C)C)c1. The van der Waals surface area contributed by atoms with E-state index in [0.717, 1.165) is 16.7 Å². The first kappa shape index (κ1) is 28.8. The van der Waals surface area contributed by atoms with Gasteiger partial charge in [-0.25, -0.2) is 0 Å². The van der Waals surface area contributed by atoms with Gasteiger partial charge in [-0.3, -0.25) is 0 Å². The molecule has 0 N–H and O–H groups in total. The van der Waals surface area contributed by atoms with Crippen LogP contribution >= 0.6 is 11.6 Å². The van der Waals surface area contributed by atoms with Gasteiger partial charge in [0.05, 0.1) is 5.56 Å². The molecule has 3 aromatic rings. The third-order valence-corrected chi connectivity index (χ3v) is 5.34. The van der Waals surface area contributed by atoms with Crippen LogP contribution in [0, 0.1) is 6.92 Å². The van der Waals surface area contributed by atoms with Crippen molar-refractivity contribution in [3.05, 3.63) is 106 Å². The van der Waals surface area contributed by atoms with E-state index in [4.69, 9.17) is 11.6 Å². The lowest BCUT2D eigenvalue weighted by atomic mass is 10.0. The summed E-state index contributed by atoms with van der Waals surface area (Å²) in [5, 5.41) is 0.825. The van der Waals surface area contributed by atoms with Crippen molar-refractivity contribution in [1.29, 1.82) is 0 Å². The summed E-state index contributed by atoms with van der Waals surface area (Å²) in [5.74, 6) is 1.35. The van der Waals surface area contributed by atoms with Gasteiger partial charge in [-0.1, -0.05) is 113 Å². The molecule has 0 amide bonds. The second-order valence-corrected chi connectivity index (χ2v) is 9.49. The van der Waals surface area contributed by atoms with Crippen molar-refractivity contribution >= 4 is 11.6 Å². The Morgan fingerprint density at radius 3 is 1.39 bits per heavy atom. The normalized spacial score (nSPS) is 11.1. The molecule has 0 atom stereocenters. The fraction of sp³-hybridized carbons (Fsp3) is 0.379. The zero-order valence-corrected chi connectivity index (χ0v) is 21.4. The maximum atomic E-state index is 12.2. The molecule has 0 spiro atoms. The Kier molecular flexibility index (Phi) is 11.7.